The lowest BCUT2D eigenvalue weighted by Gasteiger charge is -2.16. The first-order valence-corrected chi connectivity index (χ1v) is 6.32. The second-order valence-corrected chi connectivity index (χ2v) is 5.19. The summed E-state index contributed by atoms with van der Waals surface area (Å²) in [7, 11) is 1.64. The number of aryl methyl sites for hydroxylation is 1. The number of carbonyl (C=O) groups excluding carboxylic acids is 1. The number of rotatable bonds is 2. The second-order valence-electron chi connectivity index (χ2n) is 5.19. The molecule has 0 amide bonds. The van der Waals surface area contributed by atoms with Crippen LogP contribution in [0.1, 0.15) is 42.6 Å². The lowest BCUT2D eigenvalue weighted by atomic mass is 9.88. The molecule has 1 aliphatic carbocycles. The van der Waals surface area contributed by atoms with Gasteiger partial charge in [-0.05, 0) is 42.4 Å². The van der Waals surface area contributed by atoms with Crippen molar-refractivity contribution in [3.05, 3.63) is 29.3 Å². The number of Topliss-reactive ketones (excluding diaryl/α,β-unsaturated/α-hetero) is 1. The predicted molar refractivity (Wildman–Crippen MR) is 68.6 cm³/mol. The number of methoxy groups -OCH3 is 1. The van der Waals surface area contributed by atoms with Gasteiger partial charge in [0, 0.05) is 12.0 Å². The zero-order valence-electron chi connectivity index (χ0n) is 10.8. The molecule has 0 saturated carbocycles. The molecule has 0 bridgehead atoms. The molecule has 0 N–H and O–H groups in total. The van der Waals surface area contributed by atoms with Gasteiger partial charge in [0.15, 0.2) is 5.78 Å². The van der Waals surface area contributed by atoms with E-state index in [4.69, 9.17) is 4.74 Å². The van der Waals surface area contributed by atoms with Gasteiger partial charge in [0.25, 0.3) is 0 Å². The molecular formula is C15H20O2. The van der Waals surface area contributed by atoms with Crippen LogP contribution in [-0.4, -0.2) is 12.9 Å². The fraction of sp³-hybridized carbons (Fsp3) is 0.533. The first kappa shape index (κ1) is 12.2. The van der Waals surface area contributed by atoms with E-state index in [1.54, 1.807) is 7.11 Å². The highest BCUT2D eigenvalue weighted by Crippen LogP contribution is 2.30. The maximum atomic E-state index is 12.2. The van der Waals surface area contributed by atoms with Gasteiger partial charge in [-0.1, -0.05) is 19.9 Å². The molecule has 0 saturated heterocycles. The highest BCUT2D eigenvalue weighted by molar-refractivity contribution is 5.98. The minimum Gasteiger partial charge on any atom is -0.497 e. The SMILES string of the molecule is COc1ccc2c(c1)C(=O)CC(C(C)C)CC2. The third kappa shape index (κ3) is 2.51. The molecule has 1 aromatic rings. The van der Waals surface area contributed by atoms with Crippen molar-refractivity contribution in [1.29, 1.82) is 0 Å². The molecule has 2 rings (SSSR count). The Labute approximate surface area is 103 Å². The standard InChI is InChI=1S/C15H20O2/c1-10(2)12-5-4-11-6-7-13(17-3)9-14(11)15(16)8-12/h6-7,9-10,12H,4-5,8H2,1-3H3. The summed E-state index contributed by atoms with van der Waals surface area (Å²) >= 11 is 0. The van der Waals surface area contributed by atoms with E-state index >= 15 is 0 Å². The highest BCUT2D eigenvalue weighted by atomic mass is 16.5. The van der Waals surface area contributed by atoms with Crippen molar-refractivity contribution < 1.29 is 9.53 Å². The fourth-order valence-corrected chi connectivity index (χ4v) is 2.52. The Morgan fingerprint density at radius 2 is 2.12 bits per heavy atom. The average Bonchev–Trinajstić information content (AvgIpc) is 2.49. The van der Waals surface area contributed by atoms with Crippen molar-refractivity contribution in [2.45, 2.75) is 33.1 Å². The largest absolute Gasteiger partial charge is 0.497 e. The molecule has 2 heteroatoms. The van der Waals surface area contributed by atoms with Crippen LogP contribution in [0.3, 0.4) is 0 Å². The van der Waals surface area contributed by atoms with Crippen LogP contribution in [0.4, 0.5) is 0 Å². The van der Waals surface area contributed by atoms with Crippen LogP contribution in [-0.2, 0) is 6.42 Å². The first-order chi connectivity index (χ1) is 8.11. The molecule has 92 valence electrons. The number of ether oxygens (including phenoxy) is 1. The number of hydrogen-bond acceptors (Lipinski definition) is 2. The van der Waals surface area contributed by atoms with Crippen molar-refractivity contribution in [1.82, 2.24) is 0 Å². The quantitative estimate of drug-likeness (QED) is 0.730. The fourth-order valence-electron chi connectivity index (χ4n) is 2.52. The van der Waals surface area contributed by atoms with E-state index in [1.807, 2.05) is 18.2 Å². The Kier molecular flexibility index (Phi) is 3.51. The third-order valence-electron chi connectivity index (χ3n) is 3.79. The molecule has 0 fully saturated rings. The van der Waals surface area contributed by atoms with Crippen LogP contribution in [0, 0.1) is 11.8 Å². The minimum atomic E-state index is 0.273. The average molecular weight is 232 g/mol. The summed E-state index contributed by atoms with van der Waals surface area (Å²) in [6.07, 6.45) is 2.80. The van der Waals surface area contributed by atoms with Crippen molar-refractivity contribution in [3.63, 3.8) is 0 Å². The highest BCUT2D eigenvalue weighted by Gasteiger charge is 2.24. The number of carbonyl (C=O) groups is 1. The Morgan fingerprint density at radius 3 is 2.76 bits per heavy atom. The maximum absolute atomic E-state index is 12.2. The summed E-state index contributed by atoms with van der Waals surface area (Å²) in [5.74, 6) is 2.14. The first-order valence-electron chi connectivity index (χ1n) is 6.32. The molecule has 1 atom stereocenters. The van der Waals surface area contributed by atoms with Gasteiger partial charge in [-0.15, -0.1) is 0 Å². The van der Waals surface area contributed by atoms with Crippen LogP contribution < -0.4 is 4.74 Å². The van der Waals surface area contributed by atoms with Crippen molar-refractivity contribution in [3.8, 4) is 5.75 Å². The second kappa shape index (κ2) is 4.91. The predicted octanol–water partition coefficient (Wildman–Crippen LogP) is 3.49. The van der Waals surface area contributed by atoms with E-state index in [9.17, 15) is 4.79 Å². The summed E-state index contributed by atoms with van der Waals surface area (Å²) in [5, 5.41) is 0. The Hall–Kier alpha value is -1.31. The van der Waals surface area contributed by atoms with Crippen LogP contribution >= 0.6 is 0 Å². The molecule has 0 aliphatic heterocycles. The Balaban J connectivity index is 2.31. The van der Waals surface area contributed by atoms with E-state index in [1.165, 1.54) is 5.56 Å². The molecule has 17 heavy (non-hydrogen) atoms. The molecule has 1 aromatic carbocycles. The number of hydrogen-bond donors (Lipinski definition) is 0. The van der Waals surface area contributed by atoms with E-state index in [0.717, 1.165) is 24.2 Å². The molecule has 0 heterocycles. The summed E-state index contributed by atoms with van der Waals surface area (Å²) in [6, 6.07) is 5.87. The van der Waals surface area contributed by atoms with Gasteiger partial charge in [-0.3, -0.25) is 4.79 Å². The number of ketones is 1. The Bertz CT molecular complexity index is 421. The zero-order valence-corrected chi connectivity index (χ0v) is 10.8. The molecule has 0 spiro atoms. The molecule has 0 radical (unpaired) electrons. The number of benzene rings is 1. The van der Waals surface area contributed by atoms with Crippen LogP contribution in [0.15, 0.2) is 18.2 Å². The third-order valence-corrected chi connectivity index (χ3v) is 3.79. The summed E-state index contributed by atoms with van der Waals surface area (Å²) in [6.45, 7) is 4.41. The van der Waals surface area contributed by atoms with Gasteiger partial charge in [0.2, 0.25) is 0 Å². The number of fused-ring (bicyclic) bond motifs is 1. The smallest absolute Gasteiger partial charge is 0.163 e. The van der Waals surface area contributed by atoms with Crippen LogP contribution in [0.5, 0.6) is 5.75 Å². The minimum absolute atomic E-state index is 0.273. The normalized spacial score (nSPS) is 20.0. The van der Waals surface area contributed by atoms with Gasteiger partial charge in [0.05, 0.1) is 7.11 Å². The molecule has 2 nitrogen and oxygen atoms in total. The van der Waals surface area contributed by atoms with Crippen molar-refractivity contribution >= 4 is 5.78 Å². The van der Waals surface area contributed by atoms with E-state index in [0.29, 0.717) is 18.3 Å². The maximum Gasteiger partial charge on any atom is 0.163 e. The monoisotopic (exact) mass is 232 g/mol. The molecule has 1 unspecified atom stereocenters. The van der Waals surface area contributed by atoms with E-state index < -0.39 is 0 Å². The van der Waals surface area contributed by atoms with Crippen molar-refractivity contribution in [2.75, 3.05) is 7.11 Å². The van der Waals surface area contributed by atoms with Gasteiger partial charge in [0.1, 0.15) is 5.75 Å². The van der Waals surface area contributed by atoms with Crippen LogP contribution in [0.25, 0.3) is 0 Å². The topological polar surface area (TPSA) is 26.3 Å². The molecular weight excluding hydrogens is 212 g/mol. The summed E-state index contributed by atoms with van der Waals surface area (Å²) in [5.41, 5.74) is 2.05. The Morgan fingerprint density at radius 1 is 1.35 bits per heavy atom. The van der Waals surface area contributed by atoms with Crippen molar-refractivity contribution in [2.24, 2.45) is 11.8 Å². The van der Waals surface area contributed by atoms with E-state index in [2.05, 4.69) is 13.8 Å². The van der Waals surface area contributed by atoms with Gasteiger partial charge in [-0.2, -0.15) is 0 Å². The molecule has 1 aliphatic rings. The van der Waals surface area contributed by atoms with Gasteiger partial charge < -0.3 is 4.74 Å². The summed E-state index contributed by atoms with van der Waals surface area (Å²) < 4.78 is 5.19. The van der Waals surface area contributed by atoms with Gasteiger partial charge >= 0.3 is 0 Å². The van der Waals surface area contributed by atoms with E-state index in [-0.39, 0.29) is 5.78 Å². The zero-order chi connectivity index (χ0) is 12.4. The lowest BCUT2D eigenvalue weighted by Crippen LogP contribution is -2.12. The van der Waals surface area contributed by atoms with Gasteiger partial charge in [-0.25, -0.2) is 0 Å². The van der Waals surface area contributed by atoms with Crippen LogP contribution in [0.2, 0.25) is 0 Å². The summed E-state index contributed by atoms with van der Waals surface area (Å²) in [4.78, 5) is 12.2. The molecule has 0 aromatic heterocycles. The lowest BCUT2D eigenvalue weighted by molar-refractivity contribution is 0.0950.